The standard InChI is InChI=1S/C15H24O2/c1-6-15(17-5)14(16)9-13-11(3)7-10(2)8-12(13)4/h7-8,14-16H,6,9H2,1-5H3. The number of aryl methyl sites for hydroxylation is 3. The molecular formula is C15H24O2. The molecule has 0 radical (unpaired) electrons. The largest absolute Gasteiger partial charge is 0.390 e. The molecule has 0 aliphatic heterocycles. The molecule has 1 N–H and O–H groups in total. The minimum absolute atomic E-state index is 0.0740. The van der Waals surface area contributed by atoms with Crippen LogP contribution in [0.4, 0.5) is 0 Å². The minimum Gasteiger partial charge on any atom is -0.390 e. The smallest absolute Gasteiger partial charge is 0.0842 e. The Bertz CT molecular complexity index is 344. The van der Waals surface area contributed by atoms with Gasteiger partial charge in [-0.1, -0.05) is 24.6 Å². The Labute approximate surface area is 105 Å². The van der Waals surface area contributed by atoms with E-state index in [1.807, 2.05) is 6.92 Å². The van der Waals surface area contributed by atoms with E-state index < -0.39 is 6.10 Å². The Hall–Kier alpha value is -0.860. The summed E-state index contributed by atoms with van der Waals surface area (Å²) in [6.45, 7) is 8.35. The fraction of sp³-hybridized carbons (Fsp3) is 0.600. The number of hydrogen-bond donors (Lipinski definition) is 1. The fourth-order valence-electron chi connectivity index (χ4n) is 2.47. The van der Waals surface area contributed by atoms with Crippen molar-refractivity contribution < 1.29 is 9.84 Å². The highest BCUT2D eigenvalue weighted by Crippen LogP contribution is 2.20. The Morgan fingerprint density at radius 3 is 2.12 bits per heavy atom. The highest BCUT2D eigenvalue weighted by Gasteiger charge is 2.18. The molecule has 96 valence electrons. The van der Waals surface area contributed by atoms with Gasteiger partial charge in [-0.2, -0.15) is 0 Å². The molecule has 0 spiro atoms. The number of methoxy groups -OCH3 is 1. The molecule has 0 saturated heterocycles. The van der Waals surface area contributed by atoms with E-state index in [-0.39, 0.29) is 6.10 Å². The summed E-state index contributed by atoms with van der Waals surface area (Å²) in [4.78, 5) is 0. The first kappa shape index (κ1) is 14.2. The lowest BCUT2D eigenvalue weighted by molar-refractivity contribution is -0.0129. The van der Waals surface area contributed by atoms with E-state index in [2.05, 4.69) is 32.9 Å². The molecule has 1 aromatic rings. The summed E-state index contributed by atoms with van der Waals surface area (Å²) < 4.78 is 5.29. The minimum atomic E-state index is -0.426. The lowest BCUT2D eigenvalue weighted by Crippen LogP contribution is -2.29. The Kier molecular flexibility index (Phi) is 5.16. The lowest BCUT2D eigenvalue weighted by atomic mass is 9.93. The van der Waals surface area contributed by atoms with Gasteiger partial charge in [0.15, 0.2) is 0 Å². The van der Waals surface area contributed by atoms with Gasteiger partial charge in [-0.25, -0.2) is 0 Å². The Balaban J connectivity index is 2.88. The van der Waals surface area contributed by atoms with Crippen molar-refractivity contribution in [2.75, 3.05) is 7.11 Å². The molecule has 0 aliphatic carbocycles. The molecular weight excluding hydrogens is 212 g/mol. The molecule has 0 heterocycles. The van der Waals surface area contributed by atoms with Gasteiger partial charge in [0.1, 0.15) is 0 Å². The van der Waals surface area contributed by atoms with Crippen LogP contribution in [0.3, 0.4) is 0 Å². The predicted octanol–water partition coefficient (Wildman–Crippen LogP) is 2.94. The Morgan fingerprint density at radius 1 is 1.18 bits per heavy atom. The van der Waals surface area contributed by atoms with Gasteiger partial charge in [0.25, 0.3) is 0 Å². The third-order valence-electron chi connectivity index (χ3n) is 3.39. The molecule has 0 saturated carbocycles. The number of aliphatic hydroxyl groups is 1. The van der Waals surface area contributed by atoms with Crippen molar-refractivity contribution in [1.29, 1.82) is 0 Å². The molecule has 2 heteroatoms. The molecule has 0 aromatic heterocycles. The number of benzene rings is 1. The van der Waals surface area contributed by atoms with Crippen LogP contribution >= 0.6 is 0 Å². The van der Waals surface area contributed by atoms with E-state index in [4.69, 9.17) is 4.74 Å². The third-order valence-corrected chi connectivity index (χ3v) is 3.39. The molecule has 1 aromatic carbocycles. The quantitative estimate of drug-likeness (QED) is 0.851. The number of hydrogen-bond acceptors (Lipinski definition) is 2. The summed E-state index contributed by atoms with van der Waals surface area (Å²) in [6, 6.07) is 4.34. The zero-order valence-corrected chi connectivity index (χ0v) is 11.6. The number of rotatable bonds is 5. The van der Waals surface area contributed by atoms with E-state index in [9.17, 15) is 5.11 Å². The number of aliphatic hydroxyl groups excluding tert-OH is 1. The average Bonchev–Trinajstić information content (AvgIpc) is 2.25. The zero-order chi connectivity index (χ0) is 13.0. The maximum absolute atomic E-state index is 10.2. The molecule has 17 heavy (non-hydrogen) atoms. The maximum Gasteiger partial charge on any atom is 0.0842 e. The molecule has 1 rings (SSSR count). The molecule has 2 atom stereocenters. The summed E-state index contributed by atoms with van der Waals surface area (Å²) in [5, 5.41) is 10.2. The molecule has 2 nitrogen and oxygen atoms in total. The van der Waals surface area contributed by atoms with Crippen molar-refractivity contribution in [3.8, 4) is 0 Å². The van der Waals surface area contributed by atoms with Crippen LogP contribution in [0.1, 0.15) is 35.6 Å². The summed E-state index contributed by atoms with van der Waals surface area (Å²) in [6.07, 6.45) is 1.01. The van der Waals surface area contributed by atoms with E-state index >= 15 is 0 Å². The van der Waals surface area contributed by atoms with Crippen molar-refractivity contribution in [2.45, 2.75) is 52.7 Å². The van der Waals surface area contributed by atoms with Crippen molar-refractivity contribution in [3.63, 3.8) is 0 Å². The van der Waals surface area contributed by atoms with Gasteiger partial charge in [-0.3, -0.25) is 0 Å². The van der Waals surface area contributed by atoms with Crippen LogP contribution in [-0.2, 0) is 11.2 Å². The van der Waals surface area contributed by atoms with Gasteiger partial charge in [0.05, 0.1) is 12.2 Å². The molecule has 0 fully saturated rings. The van der Waals surface area contributed by atoms with Crippen molar-refractivity contribution >= 4 is 0 Å². The third kappa shape index (κ3) is 3.55. The monoisotopic (exact) mass is 236 g/mol. The predicted molar refractivity (Wildman–Crippen MR) is 71.5 cm³/mol. The molecule has 2 unspecified atom stereocenters. The summed E-state index contributed by atoms with van der Waals surface area (Å²) in [5.41, 5.74) is 5.04. The van der Waals surface area contributed by atoms with Crippen LogP contribution in [0.2, 0.25) is 0 Å². The lowest BCUT2D eigenvalue weighted by Gasteiger charge is -2.22. The topological polar surface area (TPSA) is 29.5 Å². The van der Waals surface area contributed by atoms with Crippen molar-refractivity contribution in [2.24, 2.45) is 0 Å². The highest BCUT2D eigenvalue weighted by atomic mass is 16.5. The molecule has 0 amide bonds. The second-order valence-electron chi connectivity index (χ2n) is 4.83. The normalized spacial score (nSPS) is 14.7. The van der Waals surface area contributed by atoms with Crippen LogP contribution in [-0.4, -0.2) is 24.4 Å². The van der Waals surface area contributed by atoms with Gasteiger partial charge in [-0.05, 0) is 43.9 Å². The van der Waals surface area contributed by atoms with E-state index in [1.165, 1.54) is 22.3 Å². The van der Waals surface area contributed by atoms with Crippen LogP contribution < -0.4 is 0 Å². The van der Waals surface area contributed by atoms with Gasteiger partial charge in [0.2, 0.25) is 0 Å². The zero-order valence-electron chi connectivity index (χ0n) is 11.6. The Morgan fingerprint density at radius 2 is 1.71 bits per heavy atom. The second kappa shape index (κ2) is 6.18. The maximum atomic E-state index is 10.2. The van der Waals surface area contributed by atoms with Crippen LogP contribution in [0.15, 0.2) is 12.1 Å². The first-order chi connectivity index (χ1) is 7.99. The van der Waals surface area contributed by atoms with Crippen molar-refractivity contribution in [3.05, 3.63) is 34.4 Å². The molecule has 0 aliphatic rings. The number of ether oxygens (including phenoxy) is 1. The van der Waals surface area contributed by atoms with Crippen LogP contribution in [0.5, 0.6) is 0 Å². The summed E-state index contributed by atoms with van der Waals surface area (Å²) in [5.74, 6) is 0. The SMILES string of the molecule is CCC(OC)C(O)Cc1c(C)cc(C)cc1C. The van der Waals surface area contributed by atoms with Gasteiger partial charge in [0, 0.05) is 13.5 Å². The van der Waals surface area contributed by atoms with E-state index in [0.29, 0.717) is 6.42 Å². The van der Waals surface area contributed by atoms with Crippen LogP contribution in [0.25, 0.3) is 0 Å². The van der Waals surface area contributed by atoms with Crippen LogP contribution in [0, 0.1) is 20.8 Å². The first-order valence-corrected chi connectivity index (χ1v) is 6.27. The van der Waals surface area contributed by atoms with Gasteiger partial charge in [-0.15, -0.1) is 0 Å². The second-order valence-corrected chi connectivity index (χ2v) is 4.83. The van der Waals surface area contributed by atoms with Crippen molar-refractivity contribution in [1.82, 2.24) is 0 Å². The summed E-state index contributed by atoms with van der Waals surface area (Å²) in [7, 11) is 1.66. The molecule has 0 bridgehead atoms. The first-order valence-electron chi connectivity index (χ1n) is 6.27. The van der Waals surface area contributed by atoms with Gasteiger partial charge < -0.3 is 9.84 Å². The summed E-state index contributed by atoms with van der Waals surface area (Å²) >= 11 is 0. The van der Waals surface area contributed by atoms with E-state index in [1.54, 1.807) is 7.11 Å². The average molecular weight is 236 g/mol. The van der Waals surface area contributed by atoms with Gasteiger partial charge >= 0.3 is 0 Å². The highest BCUT2D eigenvalue weighted by molar-refractivity contribution is 5.37. The fourth-order valence-corrected chi connectivity index (χ4v) is 2.47. The van der Waals surface area contributed by atoms with E-state index in [0.717, 1.165) is 6.42 Å².